The Bertz CT molecular complexity index is 3220. The lowest BCUT2D eigenvalue weighted by Crippen LogP contribution is -2.10. The van der Waals surface area contributed by atoms with Crippen molar-refractivity contribution in [1.29, 1.82) is 0 Å². The highest BCUT2D eigenvalue weighted by molar-refractivity contribution is 6.11. The van der Waals surface area contributed by atoms with Gasteiger partial charge in [0.25, 0.3) is 0 Å². The number of para-hydroxylation sites is 2. The van der Waals surface area contributed by atoms with Gasteiger partial charge in [0.05, 0.1) is 11.0 Å². The third-order valence-electron chi connectivity index (χ3n) is 11.0. The maximum absolute atomic E-state index is 6.23. The van der Waals surface area contributed by atoms with Crippen LogP contribution >= 0.6 is 0 Å². The number of hydrogen-bond acceptors (Lipinski definition) is 3. The number of nitrogens with zero attached hydrogens (tertiary/aromatic N) is 3. The fourth-order valence-corrected chi connectivity index (χ4v) is 8.35. The van der Waals surface area contributed by atoms with E-state index in [0.717, 1.165) is 61.3 Å². The van der Waals surface area contributed by atoms with Crippen LogP contribution in [0.2, 0.25) is 0 Å². The van der Waals surface area contributed by atoms with E-state index in [1.165, 1.54) is 32.9 Å². The molecule has 0 amide bonds. The van der Waals surface area contributed by atoms with E-state index in [1.807, 2.05) is 36.4 Å². The third kappa shape index (κ3) is 5.66. The Balaban J connectivity index is 1.05. The van der Waals surface area contributed by atoms with E-state index < -0.39 is 0 Å². The highest BCUT2D eigenvalue weighted by atomic mass is 16.3. The Morgan fingerprint density at radius 3 is 1.82 bits per heavy atom. The van der Waals surface area contributed by atoms with Crippen LogP contribution in [0.25, 0.3) is 83.1 Å². The molecular weight excluding hydrogens is 695 g/mol. The van der Waals surface area contributed by atoms with Gasteiger partial charge >= 0.3 is 0 Å². The van der Waals surface area contributed by atoms with Gasteiger partial charge in [-0.1, -0.05) is 127 Å². The lowest BCUT2D eigenvalue weighted by molar-refractivity contribution is 0.620. The molecule has 57 heavy (non-hydrogen) atoms. The second-order valence-corrected chi connectivity index (χ2v) is 14.4. The van der Waals surface area contributed by atoms with Crippen LogP contribution in [0, 0.1) is 0 Å². The Kier molecular flexibility index (Phi) is 7.78. The van der Waals surface area contributed by atoms with Gasteiger partial charge in [0.15, 0.2) is 5.58 Å². The minimum Gasteiger partial charge on any atom is -0.436 e. The molecule has 4 heteroatoms. The predicted octanol–water partition coefficient (Wildman–Crippen LogP) is 14.5. The van der Waals surface area contributed by atoms with Crippen molar-refractivity contribution in [2.75, 3.05) is 4.90 Å². The van der Waals surface area contributed by atoms with Crippen LogP contribution in [-0.2, 0) is 0 Å². The van der Waals surface area contributed by atoms with Gasteiger partial charge in [0.2, 0.25) is 5.89 Å². The molecule has 268 valence electrons. The maximum atomic E-state index is 6.23. The standard InChI is InChI=1S/C53H35N3O/c1-4-14-36(15-5-1)39-18-12-21-42(34-39)55(43-30-32-50-48(35-43)46-22-10-11-25-49(46)56(50)40-19-8-3-9-20-40)41-28-26-37(27-29-41)44-23-13-24-47-45(44)31-33-51-52(47)54-53(57-51)38-16-6-2-7-17-38/h1-35H. The van der Waals surface area contributed by atoms with Crippen molar-refractivity contribution in [2.45, 2.75) is 0 Å². The van der Waals surface area contributed by atoms with Crippen LogP contribution in [0.3, 0.4) is 0 Å². The number of hydrogen-bond donors (Lipinski definition) is 0. The summed E-state index contributed by atoms with van der Waals surface area (Å²) >= 11 is 0. The monoisotopic (exact) mass is 729 g/mol. The van der Waals surface area contributed by atoms with E-state index >= 15 is 0 Å². The van der Waals surface area contributed by atoms with Crippen LogP contribution in [0.15, 0.2) is 217 Å². The molecule has 0 fully saturated rings. The minimum atomic E-state index is 0.632. The smallest absolute Gasteiger partial charge is 0.227 e. The van der Waals surface area contributed by atoms with E-state index in [4.69, 9.17) is 9.40 Å². The van der Waals surface area contributed by atoms with Crippen LogP contribution in [0.1, 0.15) is 0 Å². The summed E-state index contributed by atoms with van der Waals surface area (Å²) in [6.07, 6.45) is 0. The highest BCUT2D eigenvalue weighted by Gasteiger charge is 2.19. The molecule has 4 nitrogen and oxygen atoms in total. The first kappa shape index (κ1) is 32.7. The number of anilines is 3. The van der Waals surface area contributed by atoms with E-state index in [1.54, 1.807) is 0 Å². The number of rotatable bonds is 7. The molecule has 0 aliphatic heterocycles. The van der Waals surface area contributed by atoms with Crippen molar-refractivity contribution in [3.63, 3.8) is 0 Å². The first-order chi connectivity index (χ1) is 28.3. The molecule has 0 saturated carbocycles. The fraction of sp³-hybridized carbons (Fsp3) is 0. The zero-order valence-corrected chi connectivity index (χ0v) is 31.0. The normalized spacial score (nSPS) is 11.5. The molecule has 0 bridgehead atoms. The summed E-state index contributed by atoms with van der Waals surface area (Å²) in [5.41, 5.74) is 14.0. The van der Waals surface area contributed by atoms with Crippen molar-refractivity contribution < 1.29 is 4.42 Å². The largest absolute Gasteiger partial charge is 0.436 e. The predicted molar refractivity (Wildman–Crippen MR) is 237 cm³/mol. The average Bonchev–Trinajstić information content (AvgIpc) is 3.88. The summed E-state index contributed by atoms with van der Waals surface area (Å²) in [6, 6.07) is 75.3. The van der Waals surface area contributed by atoms with E-state index in [2.05, 4.69) is 185 Å². The van der Waals surface area contributed by atoms with Crippen molar-refractivity contribution in [3.05, 3.63) is 212 Å². The summed E-state index contributed by atoms with van der Waals surface area (Å²) in [4.78, 5) is 7.34. The van der Waals surface area contributed by atoms with Crippen molar-refractivity contribution in [3.8, 4) is 39.4 Å². The topological polar surface area (TPSA) is 34.2 Å². The summed E-state index contributed by atoms with van der Waals surface area (Å²) in [7, 11) is 0. The third-order valence-corrected chi connectivity index (χ3v) is 11.0. The zero-order chi connectivity index (χ0) is 37.7. The van der Waals surface area contributed by atoms with Gasteiger partial charge in [0.1, 0.15) is 5.52 Å². The van der Waals surface area contributed by atoms with Gasteiger partial charge in [-0.3, -0.25) is 0 Å². The lowest BCUT2D eigenvalue weighted by atomic mass is 9.97. The lowest BCUT2D eigenvalue weighted by Gasteiger charge is -2.26. The SMILES string of the molecule is c1ccc(-c2cccc(N(c3ccc(-c4cccc5c4ccc4oc(-c6ccccc6)nc45)cc3)c3ccc4c(c3)c3ccccc3n4-c3ccccc3)c2)cc1. The van der Waals surface area contributed by atoms with Crippen molar-refractivity contribution in [2.24, 2.45) is 0 Å². The zero-order valence-electron chi connectivity index (χ0n) is 31.0. The average molecular weight is 730 g/mol. The van der Waals surface area contributed by atoms with Gasteiger partial charge in [0, 0.05) is 44.5 Å². The van der Waals surface area contributed by atoms with Gasteiger partial charge in [-0.25, -0.2) is 4.98 Å². The quantitative estimate of drug-likeness (QED) is 0.164. The molecule has 2 aromatic heterocycles. The maximum Gasteiger partial charge on any atom is 0.227 e. The number of aromatic nitrogens is 2. The molecule has 11 rings (SSSR count). The number of oxazole rings is 1. The number of fused-ring (bicyclic) bond motifs is 6. The van der Waals surface area contributed by atoms with Crippen molar-refractivity contribution >= 4 is 60.7 Å². The summed E-state index contributed by atoms with van der Waals surface area (Å²) < 4.78 is 8.59. The molecule has 0 N–H and O–H groups in total. The Hall–Kier alpha value is -7.69. The first-order valence-electron chi connectivity index (χ1n) is 19.3. The second kappa shape index (κ2) is 13.6. The Labute approximate surface area is 330 Å². The van der Waals surface area contributed by atoms with Gasteiger partial charge in [-0.05, 0) is 113 Å². The Morgan fingerprint density at radius 2 is 1.02 bits per heavy atom. The molecule has 0 aliphatic rings. The molecule has 9 aromatic carbocycles. The molecule has 11 aromatic rings. The summed E-state index contributed by atoms with van der Waals surface area (Å²) in [5.74, 6) is 0.632. The van der Waals surface area contributed by atoms with E-state index in [0.29, 0.717) is 5.89 Å². The number of benzene rings is 9. The molecule has 0 unspecified atom stereocenters. The molecular formula is C53H35N3O. The van der Waals surface area contributed by atoms with Crippen LogP contribution in [0.4, 0.5) is 17.1 Å². The van der Waals surface area contributed by atoms with Crippen molar-refractivity contribution in [1.82, 2.24) is 9.55 Å². The van der Waals surface area contributed by atoms with Crippen LogP contribution in [-0.4, -0.2) is 9.55 Å². The molecule has 2 heterocycles. The fourth-order valence-electron chi connectivity index (χ4n) is 8.35. The van der Waals surface area contributed by atoms with E-state index in [9.17, 15) is 0 Å². The molecule has 0 saturated heterocycles. The van der Waals surface area contributed by atoms with Crippen LogP contribution in [0.5, 0.6) is 0 Å². The molecule has 0 atom stereocenters. The molecule has 0 spiro atoms. The molecule has 0 radical (unpaired) electrons. The van der Waals surface area contributed by atoms with Gasteiger partial charge in [-0.15, -0.1) is 0 Å². The minimum absolute atomic E-state index is 0.632. The van der Waals surface area contributed by atoms with Gasteiger partial charge in [-0.2, -0.15) is 0 Å². The first-order valence-corrected chi connectivity index (χ1v) is 19.3. The molecule has 0 aliphatic carbocycles. The van der Waals surface area contributed by atoms with E-state index in [-0.39, 0.29) is 0 Å². The second-order valence-electron chi connectivity index (χ2n) is 14.4. The Morgan fingerprint density at radius 1 is 0.386 bits per heavy atom. The van der Waals surface area contributed by atoms with Gasteiger partial charge < -0.3 is 13.9 Å². The summed E-state index contributed by atoms with van der Waals surface area (Å²) in [5, 5.41) is 4.64. The summed E-state index contributed by atoms with van der Waals surface area (Å²) in [6.45, 7) is 0. The van der Waals surface area contributed by atoms with Crippen LogP contribution < -0.4 is 4.90 Å². The highest BCUT2D eigenvalue weighted by Crippen LogP contribution is 2.42.